The highest BCUT2D eigenvalue weighted by atomic mass is 19.4. The van der Waals surface area contributed by atoms with Gasteiger partial charge in [0.25, 0.3) is 0 Å². The predicted octanol–water partition coefficient (Wildman–Crippen LogP) is 5.05. The number of rotatable bonds is 4. The van der Waals surface area contributed by atoms with Crippen molar-refractivity contribution in [3.63, 3.8) is 0 Å². The van der Waals surface area contributed by atoms with Gasteiger partial charge in [0.05, 0.1) is 12.4 Å². The van der Waals surface area contributed by atoms with Crippen LogP contribution in [0.3, 0.4) is 0 Å². The van der Waals surface area contributed by atoms with Crippen LogP contribution in [0.1, 0.15) is 18.3 Å². The molecule has 3 aromatic heterocycles. The third-order valence-corrected chi connectivity index (χ3v) is 3.57. The Morgan fingerprint density at radius 2 is 1.81 bits per heavy atom. The lowest BCUT2D eigenvalue weighted by molar-refractivity contribution is -0.141. The lowest BCUT2D eigenvalue weighted by Gasteiger charge is -2.13. The molecular formula is C18H13F4N3O. The Morgan fingerprint density at radius 1 is 1.00 bits per heavy atom. The van der Waals surface area contributed by atoms with E-state index in [1.165, 1.54) is 12.3 Å². The van der Waals surface area contributed by atoms with E-state index < -0.39 is 17.7 Å². The highest BCUT2D eigenvalue weighted by Gasteiger charge is 2.32. The average molecular weight is 363 g/mol. The number of halogens is 4. The van der Waals surface area contributed by atoms with Crippen LogP contribution in [0.4, 0.5) is 17.6 Å². The summed E-state index contributed by atoms with van der Waals surface area (Å²) >= 11 is 0. The van der Waals surface area contributed by atoms with Gasteiger partial charge >= 0.3 is 6.18 Å². The molecule has 0 bridgehead atoms. The molecule has 0 radical (unpaired) electrons. The van der Waals surface area contributed by atoms with Gasteiger partial charge in [-0.1, -0.05) is 6.92 Å². The highest BCUT2D eigenvalue weighted by Crippen LogP contribution is 2.34. The van der Waals surface area contributed by atoms with E-state index >= 15 is 0 Å². The molecule has 0 aliphatic rings. The fourth-order valence-corrected chi connectivity index (χ4v) is 2.38. The first-order chi connectivity index (χ1) is 12.4. The number of aryl methyl sites for hydroxylation is 1. The maximum atomic E-state index is 13.6. The lowest BCUT2D eigenvalue weighted by atomic mass is 10.0. The molecule has 3 heterocycles. The molecule has 0 saturated carbocycles. The fourth-order valence-electron chi connectivity index (χ4n) is 2.38. The van der Waals surface area contributed by atoms with Crippen molar-refractivity contribution >= 4 is 0 Å². The summed E-state index contributed by atoms with van der Waals surface area (Å²) in [6.07, 6.45) is -0.413. The Balaban J connectivity index is 1.97. The van der Waals surface area contributed by atoms with Crippen LogP contribution >= 0.6 is 0 Å². The smallest absolute Gasteiger partial charge is 0.433 e. The van der Waals surface area contributed by atoms with E-state index in [1.807, 2.05) is 6.92 Å². The molecule has 0 aliphatic heterocycles. The van der Waals surface area contributed by atoms with Gasteiger partial charge in [-0.2, -0.15) is 13.2 Å². The number of hydrogen-bond donors (Lipinski definition) is 0. The molecule has 4 nitrogen and oxygen atoms in total. The van der Waals surface area contributed by atoms with Gasteiger partial charge in [0, 0.05) is 23.0 Å². The first-order valence-electron chi connectivity index (χ1n) is 7.69. The maximum absolute atomic E-state index is 13.6. The second kappa shape index (κ2) is 7.07. The molecule has 0 amide bonds. The lowest BCUT2D eigenvalue weighted by Crippen LogP contribution is -2.07. The van der Waals surface area contributed by atoms with Gasteiger partial charge in [-0.05, 0) is 36.8 Å². The van der Waals surface area contributed by atoms with Gasteiger partial charge in [0.15, 0.2) is 0 Å². The Labute approximate surface area is 146 Å². The molecule has 0 N–H and O–H groups in total. The van der Waals surface area contributed by atoms with Crippen molar-refractivity contribution in [3.8, 4) is 22.8 Å². The van der Waals surface area contributed by atoms with Crippen LogP contribution in [-0.4, -0.2) is 15.0 Å². The Morgan fingerprint density at radius 3 is 2.46 bits per heavy atom. The third-order valence-electron chi connectivity index (χ3n) is 3.57. The van der Waals surface area contributed by atoms with Gasteiger partial charge in [0.2, 0.25) is 5.88 Å². The van der Waals surface area contributed by atoms with Crippen molar-refractivity contribution in [2.24, 2.45) is 0 Å². The quantitative estimate of drug-likeness (QED) is 0.609. The first kappa shape index (κ1) is 17.8. The summed E-state index contributed by atoms with van der Waals surface area (Å²) in [6, 6.07) is 6.62. The summed E-state index contributed by atoms with van der Waals surface area (Å²) < 4.78 is 57.0. The average Bonchev–Trinajstić information content (AvgIpc) is 2.62. The molecule has 0 fully saturated rings. The molecule has 0 saturated heterocycles. The summed E-state index contributed by atoms with van der Waals surface area (Å²) in [7, 11) is 0. The number of nitrogens with zero attached hydrogens (tertiary/aromatic N) is 3. The molecule has 3 aromatic rings. The summed E-state index contributed by atoms with van der Waals surface area (Å²) in [4.78, 5) is 11.5. The van der Waals surface area contributed by atoms with Crippen LogP contribution in [0.2, 0.25) is 0 Å². The van der Waals surface area contributed by atoms with E-state index in [9.17, 15) is 17.6 Å². The molecule has 0 spiro atoms. The number of alkyl halides is 3. The standard InChI is InChI=1S/C18H13F4N3O/c1-2-15-14(8-11(19)9-24-15)13-4-3-7-23-17(13)26-12-5-6-16(25-10-12)18(20,21)22/h3-10H,2H2,1H3. The Hall–Kier alpha value is -3.03. The van der Waals surface area contributed by atoms with Gasteiger partial charge in [-0.25, -0.2) is 14.4 Å². The van der Waals surface area contributed by atoms with Gasteiger partial charge in [-0.3, -0.25) is 4.98 Å². The molecular weight excluding hydrogens is 350 g/mol. The molecule has 134 valence electrons. The van der Waals surface area contributed by atoms with E-state index in [0.717, 1.165) is 24.5 Å². The molecule has 8 heteroatoms. The molecule has 26 heavy (non-hydrogen) atoms. The van der Waals surface area contributed by atoms with E-state index in [4.69, 9.17) is 4.74 Å². The zero-order valence-electron chi connectivity index (χ0n) is 13.6. The topological polar surface area (TPSA) is 47.9 Å². The fraction of sp³-hybridized carbons (Fsp3) is 0.167. The van der Waals surface area contributed by atoms with Crippen LogP contribution in [0.5, 0.6) is 11.6 Å². The van der Waals surface area contributed by atoms with Crippen molar-refractivity contribution in [2.75, 3.05) is 0 Å². The van der Waals surface area contributed by atoms with E-state index in [0.29, 0.717) is 23.2 Å². The zero-order valence-corrected chi connectivity index (χ0v) is 13.6. The van der Waals surface area contributed by atoms with Crippen molar-refractivity contribution in [1.82, 2.24) is 15.0 Å². The molecule has 0 unspecified atom stereocenters. The predicted molar refractivity (Wildman–Crippen MR) is 86.1 cm³/mol. The molecule has 0 aliphatic carbocycles. The minimum atomic E-state index is -4.53. The van der Waals surface area contributed by atoms with Crippen molar-refractivity contribution in [1.29, 1.82) is 0 Å². The summed E-state index contributed by atoms with van der Waals surface area (Å²) in [5, 5.41) is 0. The van der Waals surface area contributed by atoms with Crippen molar-refractivity contribution in [2.45, 2.75) is 19.5 Å². The van der Waals surface area contributed by atoms with E-state index in [1.54, 1.807) is 12.1 Å². The SMILES string of the molecule is CCc1ncc(F)cc1-c1cccnc1Oc1ccc(C(F)(F)F)nc1. The van der Waals surface area contributed by atoms with E-state index in [-0.39, 0.29) is 11.6 Å². The molecule has 3 rings (SSSR count). The monoisotopic (exact) mass is 363 g/mol. The van der Waals surface area contributed by atoms with E-state index in [2.05, 4.69) is 15.0 Å². The van der Waals surface area contributed by atoms with Crippen LogP contribution in [-0.2, 0) is 12.6 Å². The minimum absolute atomic E-state index is 0.0837. The van der Waals surface area contributed by atoms with Crippen LogP contribution in [0.25, 0.3) is 11.1 Å². The highest BCUT2D eigenvalue weighted by molar-refractivity contribution is 5.71. The first-order valence-corrected chi connectivity index (χ1v) is 7.69. The number of aromatic nitrogens is 3. The van der Waals surface area contributed by atoms with Crippen molar-refractivity contribution in [3.05, 3.63) is 66.1 Å². The number of ether oxygens (including phenoxy) is 1. The Kier molecular flexibility index (Phi) is 4.83. The largest absolute Gasteiger partial charge is 0.437 e. The summed E-state index contributed by atoms with van der Waals surface area (Å²) in [6.45, 7) is 1.88. The van der Waals surface area contributed by atoms with Gasteiger partial charge in [0.1, 0.15) is 17.3 Å². The third kappa shape index (κ3) is 3.79. The van der Waals surface area contributed by atoms with Crippen LogP contribution in [0, 0.1) is 5.82 Å². The summed E-state index contributed by atoms with van der Waals surface area (Å²) in [5.74, 6) is -0.306. The van der Waals surface area contributed by atoms with Gasteiger partial charge < -0.3 is 4.74 Å². The van der Waals surface area contributed by atoms with Crippen molar-refractivity contribution < 1.29 is 22.3 Å². The Bertz CT molecular complexity index is 911. The molecule has 0 aromatic carbocycles. The normalized spacial score (nSPS) is 11.4. The zero-order chi connectivity index (χ0) is 18.7. The number of pyridine rings is 3. The minimum Gasteiger partial charge on any atom is -0.437 e. The second-order valence-electron chi connectivity index (χ2n) is 5.34. The maximum Gasteiger partial charge on any atom is 0.433 e. The second-order valence-corrected chi connectivity index (χ2v) is 5.34. The van der Waals surface area contributed by atoms with Gasteiger partial charge in [-0.15, -0.1) is 0 Å². The molecule has 0 atom stereocenters. The summed E-state index contributed by atoms with van der Waals surface area (Å²) in [5.41, 5.74) is 0.621. The van der Waals surface area contributed by atoms with Crippen LogP contribution in [0.15, 0.2) is 48.9 Å². The van der Waals surface area contributed by atoms with Crippen LogP contribution < -0.4 is 4.74 Å². The number of hydrogen-bond acceptors (Lipinski definition) is 4.